The van der Waals surface area contributed by atoms with Crippen LogP contribution in [0.3, 0.4) is 0 Å². The summed E-state index contributed by atoms with van der Waals surface area (Å²) in [7, 11) is 0. The average Bonchev–Trinajstić information content (AvgIpc) is 2.88. The smallest absolute Gasteiger partial charge is 0.308 e. The number of likely N-dealkylation sites (tertiary alicyclic amines) is 1. The maximum atomic E-state index is 12.8. The van der Waals surface area contributed by atoms with Crippen LogP contribution in [0.5, 0.6) is 0 Å². The highest BCUT2D eigenvalue weighted by Crippen LogP contribution is 2.34. The first-order valence-corrected chi connectivity index (χ1v) is 7.32. The third-order valence-electron chi connectivity index (χ3n) is 4.48. The number of nitrogens with one attached hydrogen (secondary N) is 1. The van der Waals surface area contributed by atoms with Crippen LogP contribution in [0.1, 0.15) is 39.0 Å². The van der Waals surface area contributed by atoms with Crippen LogP contribution < -0.4 is 5.32 Å². The monoisotopic (exact) mass is 268 g/mol. The van der Waals surface area contributed by atoms with Crippen molar-refractivity contribution < 1.29 is 14.7 Å². The van der Waals surface area contributed by atoms with Crippen LogP contribution in [0.4, 0.5) is 0 Å². The normalized spacial score (nSPS) is 31.4. The van der Waals surface area contributed by atoms with Gasteiger partial charge in [-0.1, -0.05) is 13.3 Å². The van der Waals surface area contributed by atoms with Gasteiger partial charge in [0.05, 0.1) is 11.3 Å². The van der Waals surface area contributed by atoms with Crippen LogP contribution in [0.2, 0.25) is 0 Å². The van der Waals surface area contributed by atoms with E-state index in [1.807, 2.05) is 0 Å². The highest BCUT2D eigenvalue weighted by Gasteiger charge is 2.44. The second-order valence-electron chi connectivity index (χ2n) is 5.89. The summed E-state index contributed by atoms with van der Waals surface area (Å²) in [6, 6.07) is 0. The first-order valence-electron chi connectivity index (χ1n) is 7.32. The number of hydrogen-bond acceptors (Lipinski definition) is 3. The molecule has 2 N–H and O–H groups in total. The molecule has 0 aromatic heterocycles. The third kappa shape index (κ3) is 2.91. The van der Waals surface area contributed by atoms with Gasteiger partial charge in [-0.25, -0.2) is 0 Å². The largest absolute Gasteiger partial charge is 0.481 e. The molecular weight excluding hydrogens is 244 g/mol. The predicted octanol–water partition coefficient (Wildman–Crippen LogP) is 1.09. The molecule has 0 radical (unpaired) electrons. The van der Waals surface area contributed by atoms with Crippen molar-refractivity contribution in [2.75, 3.05) is 26.2 Å². The van der Waals surface area contributed by atoms with Gasteiger partial charge >= 0.3 is 5.97 Å². The summed E-state index contributed by atoms with van der Waals surface area (Å²) in [6.45, 7) is 4.84. The van der Waals surface area contributed by atoms with Crippen LogP contribution in [0.25, 0.3) is 0 Å². The molecule has 108 valence electrons. The molecule has 2 unspecified atom stereocenters. The summed E-state index contributed by atoms with van der Waals surface area (Å²) in [5, 5.41) is 12.4. The molecule has 2 atom stereocenters. The number of rotatable bonds is 4. The maximum absolute atomic E-state index is 12.8. The van der Waals surface area contributed by atoms with Gasteiger partial charge in [0.25, 0.3) is 0 Å². The molecule has 0 aromatic rings. The van der Waals surface area contributed by atoms with E-state index in [-0.39, 0.29) is 17.2 Å². The van der Waals surface area contributed by atoms with Crippen molar-refractivity contribution in [1.82, 2.24) is 10.2 Å². The predicted molar refractivity (Wildman–Crippen MR) is 71.8 cm³/mol. The van der Waals surface area contributed by atoms with Gasteiger partial charge in [-0.15, -0.1) is 0 Å². The fourth-order valence-electron chi connectivity index (χ4n) is 3.42. The van der Waals surface area contributed by atoms with Gasteiger partial charge in [0.1, 0.15) is 0 Å². The Kier molecular flexibility index (Phi) is 4.45. The van der Waals surface area contributed by atoms with E-state index >= 15 is 0 Å². The van der Waals surface area contributed by atoms with Gasteiger partial charge in [0.15, 0.2) is 0 Å². The highest BCUT2D eigenvalue weighted by molar-refractivity contribution is 5.84. The van der Waals surface area contributed by atoms with Crippen LogP contribution in [-0.2, 0) is 9.59 Å². The molecule has 2 heterocycles. The number of carbonyl (C=O) groups excluding carboxylic acids is 1. The van der Waals surface area contributed by atoms with E-state index in [0.717, 1.165) is 38.8 Å². The Hall–Kier alpha value is -1.10. The first kappa shape index (κ1) is 14.3. The minimum absolute atomic E-state index is 0.172. The number of carboxylic acids is 1. The van der Waals surface area contributed by atoms with Crippen molar-refractivity contribution in [3.63, 3.8) is 0 Å². The van der Waals surface area contributed by atoms with Crippen molar-refractivity contribution in [3.8, 4) is 0 Å². The standard InChI is InChI=1S/C14H24N2O3/c1-2-5-14(6-7-15-10-14)13(19)16-8-3-4-11(9-16)12(17)18/h11,15H,2-10H2,1H3,(H,17,18). The Morgan fingerprint density at radius 2 is 2.26 bits per heavy atom. The van der Waals surface area contributed by atoms with E-state index in [1.165, 1.54) is 0 Å². The van der Waals surface area contributed by atoms with E-state index in [9.17, 15) is 9.59 Å². The number of amides is 1. The zero-order valence-electron chi connectivity index (χ0n) is 11.7. The fourth-order valence-corrected chi connectivity index (χ4v) is 3.42. The molecule has 2 saturated heterocycles. The second kappa shape index (κ2) is 5.90. The molecule has 0 aromatic carbocycles. The quantitative estimate of drug-likeness (QED) is 0.801. The Balaban J connectivity index is 2.07. The zero-order valence-corrected chi connectivity index (χ0v) is 11.7. The van der Waals surface area contributed by atoms with Crippen LogP contribution in [0.15, 0.2) is 0 Å². The van der Waals surface area contributed by atoms with Crippen LogP contribution in [-0.4, -0.2) is 48.1 Å². The Labute approximate surface area is 114 Å². The van der Waals surface area contributed by atoms with E-state index in [2.05, 4.69) is 12.2 Å². The number of carboxylic acid groups (broad SMARTS) is 1. The summed E-state index contributed by atoms with van der Waals surface area (Å²) >= 11 is 0. The van der Waals surface area contributed by atoms with Crippen LogP contribution in [0, 0.1) is 11.3 Å². The molecule has 0 spiro atoms. The SMILES string of the molecule is CCCC1(C(=O)N2CCCC(C(=O)O)C2)CCNC1. The van der Waals surface area contributed by atoms with Gasteiger partial charge in [0, 0.05) is 19.6 Å². The van der Waals surface area contributed by atoms with Crippen molar-refractivity contribution in [2.45, 2.75) is 39.0 Å². The molecule has 1 amide bonds. The lowest BCUT2D eigenvalue weighted by molar-refractivity contribution is -0.149. The van der Waals surface area contributed by atoms with Gasteiger partial charge in [-0.2, -0.15) is 0 Å². The molecule has 5 nitrogen and oxygen atoms in total. The minimum Gasteiger partial charge on any atom is -0.481 e. The molecule has 0 saturated carbocycles. The van der Waals surface area contributed by atoms with Gasteiger partial charge in [-0.05, 0) is 32.2 Å². The lowest BCUT2D eigenvalue weighted by atomic mass is 9.80. The van der Waals surface area contributed by atoms with Gasteiger partial charge in [0.2, 0.25) is 5.91 Å². The van der Waals surface area contributed by atoms with Gasteiger partial charge in [-0.3, -0.25) is 9.59 Å². The maximum Gasteiger partial charge on any atom is 0.308 e. The van der Waals surface area contributed by atoms with E-state index in [4.69, 9.17) is 5.11 Å². The molecule has 19 heavy (non-hydrogen) atoms. The van der Waals surface area contributed by atoms with Gasteiger partial charge < -0.3 is 15.3 Å². The van der Waals surface area contributed by atoms with Crippen molar-refractivity contribution >= 4 is 11.9 Å². The fraction of sp³-hybridized carbons (Fsp3) is 0.857. The highest BCUT2D eigenvalue weighted by atomic mass is 16.4. The summed E-state index contributed by atoms with van der Waals surface area (Å²) in [5.41, 5.74) is -0.283. The molecule has 2 aliphatic rings. The number of aliphatic carboxylic acids is 1. The number of nitrogens with zero attached hydrogens (tertiary/aromatic N) is 1. The number of hydrogen-bond donors (Lipinski definition) is 2. The van der Waals surface area contributed by atoms with Crippen molar-refractivity contribution in [1.29, 1.82) is 0 Å². The second-order valence-corrected chi connectivity index (χ2v) is 5.89. The summed E-state index contributed by atoms with van der Waals surface area (Å²) in [5.74, 6) is -0.984. The van der Waals surface area contributed by atoms with E-state index in [1.54, 1.807) is 4.90 Å². The van der Waals surface area contributed by atoms with E-state index < -0.39 is 5.97 Å². The molecule has 2 rings (SSSR count). The molecule has 2 aliphatic heterocycles. The Morgan fingerprint density at radius 3 is 2.84 bits per heavy atom. The Bertz CT molecular complexity index is 351. The summed E-state index contributed by atoms with van der Waals surface area (Å²) in [4.78, 5) is 25.7. The minimum atomic E-state index is -0.772. The average molecular weight is 268 g/mol. The molecule has 0 aliphatic carbocycles. The number of carbonyl (C=O) groups is 2. The first-order chi connectivity index (χ1) is 9.09. The Morgan fingerprint density at radius 1 is 1.47 bits per heavy atom. The summed E-state index contributed by atoms with van der Waals surface area (Å²) in [6.07, 6.45) is 4.26. The molecule has 5 heteroatoms. The van der Waals surface area contributed by atoms with E-state index in [0.29, 0.717) is 19.5 Å². The molecule has 0 bridgehead atoms. The van der Waals surface area contributed by atoms with Crippen molar-refractivity contribution in [3.05, 3.63) is 0 Å². The zero-order chi connectivity index (χ0) is 13.9. The number of piperidine rings is 1. The topological polar surface area (TPSA) is 69.6 Å². The molecule has 2 fully saturated rings. The third-order valence-corrected chi connectivity index (χ3v) is 4.48. The lowest BCUT2D eigenvalue weighted by Gasteiger charge is -2.37. The van der Waals surface area contributed by atoms with Crippen LogP contribution >= 0.6 is 0 Å². The van der Waals surface area contributed by atoms with Crippen molar-refractivity contribution in [2.24, 2.45) is 11.3 Å². The summed E-state index contributed by atoms with van der Waals surface area (Å²) < 4.78 is 0. The lowest BCUT2D eigenvalue weighted by Crippen LogP contribution is -2.50. The molecular formula is C14H24N2O3.